The average molecular weight is 389 g/mol. The van der Waals surface area contributed by atoms with Crippen LogP contribution in [0.15, 0.2) is 53.5 Å². The molecule has 1 aliphatic rings. The number of hydrogen-bond acceptors (Lipinski definition) is 3. The summed E-state index contributed by atoms with van der Waals surface area (Å²) in [5.74, 6) is 1.59. The summed E-state index contributed by atoms with van der Waals surface area (Å²) in [4.78, 5) is 4.19. The number of rotatable bonds is 8. The van der Waals surface area contributed by atoms with Gasteiger partial charge in [-0.25, -0.2) is 0 Å². The largest absolute Gasteiger partial charge is 0.490 e. The molecule has 0 bridgehead atoms. The molecule has 3 rings (SSSR count). The van der Waals surface area contributed by atoms with Crippen molar-refractivity contribution in [1.82, 2.24) is 10.6 Å². The van der Waals surface area contributed by atoms with Crippen molar-refractivity contribution < 1.29 is 18.3 Å². The molecule has 0 radical (unpaired) electrons. The monoisotopic (exact) mass is 389 g/mol. The zero-order valence-electron chi connectivity index (χ0n) is 15.8. The predicted molar refractivity (Wildman–Crippen MR) is 105 cm³/mol. The van der Waals surface area contributed by atoms with E-state index in [2.05, 4.69) is 20.4 Å². The number of para-hydroxylation sites is 2. The molecule has 1 saturated carbocycles. The molecule has 0 saturated heterocycles. The molecular weight excluding hydrogens is 364 g/mol. The van der Waals surface area contributed by atoms with E-state index in [-0.39, 0.29) is 5.75 Å². The quantitative estimate of drug-likeness (QED) is 0.528. The summed E-state index contributed by atoms with van der Waals surface area (Å²) in [5.41, 5.74) is 1.67. The second-order valence-corrected chi connectivity index (χ2v) is 6.54. The topological polar surface area (TPSA) is 54.9 Å². The summed E-state index contributed by atoms with van der Waals surface area (Å²) in [5, 5.41) is 6.36. The van der Waals surface area contributed by atoms with E-state index >= 15 is 0 Å². The van der Waals surface area contributed by atoms with Gasteiger partial charge in [-0.1, -0.05) is 36.4 Å². The molecule has 2 aromatic rings. The lowest BCUT2D eigenvalue weighted by Gasteiger charge is -2.27. The van der Waals surface area contributed by atoms with Crippen LogP contribution in [0.5, 0.6) is 11.5 Å². The average Bonchev–Trinajstić information content (AvgIpc) is 2.66. The minimum absolute atomic E-state index is 0.152. The number of hydrogen-bond donors (Lipinski definition) is 2. The van der Waals surface area contributed by atoms with Crippen molar-refractivity contribution in [2.24, 2.45) is 4.99 Å². The highest BCUT2D eigenvalue weighted by atomic mass is 19.3. The third-order valence-corrected chi connectivity index (χ3v) is 4.62. The van der Waals surface area contributed by atoms with Crippen LogP contribution in [-0.2, 0) is 13.1 Å². The molecule has 2 N–H and O–H groups in total. The van der Waals surface area contributed by atoms with Crippen molar-refractivity contribution in [3.05, 3.63) is 59.7 Å². The Morgan fingerprint density at radius 2 is 1.57 bits per heavy atom. The van der Waals surface area contributed by atoms with Crippen LogP contribution >= 0.6 is 0 Å². The minimum Gasteiger partial charge on any atom is -0.490 e. The van der Waals surface area contributed by atoms with Crippen LogP contribution in [0.2, 0.25) is 0 Å². The summed E-state index contributed by atoms with van der Waals surface area (Å²) in [6.45, 7) is -2.01. The fraction of sp³-hybridized carbons (Fsp3) is 0.381. The second-order valence-electron chi connectivity index (χ2n) is 6.54. The summed E-state index contributed by atoms with van der Waals surface area (Å²) < 4.78 is 35.7. The fourth-order valence-corrected chi connectivity index (χ4v) is 2.87. The van der Waals surface area contributed by atoms with Crippen LogP contribution < -0.4 is 20.1 Å². The number of benzene rings is 2. The zero-order chi connectivity index (χ0) is 19.8. The van der Waals surface area contributed by atoms with E-state index in [4.69, 9.17) is 4.74 Å². The van der Waals surface area contributed by atoms with Gasteiger partial charge in [0.05, 0.1) is 6.10 Å². The zero-order valence-corrected chi connectivity index (χ0v) is 15.8. The van der Waals surface area contributed by atoms with Crippen LogP contribution in [0.3, 0.4) is 0 Å². The van der Waals surface area contributed by atoms with Gasteiger partial charge in [0.15, 0.2) is 5.96 Å². The van der Waals surface area contributed by atoms with E-state index in [0.29, 0.717) is 30.7 Å². The highest BCUT2D eigenvalue weighted by Crippen LogP contribution is 2.27. The van der Waals surface area contributed by atoms with Gasteiger partial charge in [0, 0.05) is 31.3 Å². The van der Waals surface area contributed by atoms with Gasteiger partial charge in [0.1, 0.15) is 11.5 Å². The summed E-state index contributed by atoms with van der Waals surface area (Å²) in [6.07, 6.45) is 3.74. The Morgan fingerprint density at radius 3 is 2.11 bits per heavy atom. The molecule has 7 heteroatoms. The first-order valence-electron chi connectivity index (χ1n) is 9.37. The first kappa shape index (κ1) is 19.9. The molecule has 0 atom stereocenters. The van der Waals surface area contributed by atoms with Crippen molar-refractivity contribution in [2.45, 2.75) is 45.1 Å². The highest BCUT2D eigenvalue weighted by molar-refractivity contribution is 5.79. The van der Waals surface area contributed by atoms with E-state index in [0.717, 1.165) is 24.2 Å². The lowest BCUT2D eigenvalue weighted by Crippen LogP contribution is -2.36. The smallest absolute Gasteiger partial charge is 0.387 e. The molecule has 5 nitrogen and oxygen atoms in total. The van der Waals surface area contributed by atoms with Gasteiger partial charge < -0.3 is 20.1 Å². The molecule has 0 unspecified atom stereocenters. The Hall–Kier alpha value is -2.83. The molecule has 150 valence electrons. The van der Waals surface area contributed by atoms with Crippen molar-refractivity contribution in [3.63, 3.8) is 0 Å². The molecular formula is C21H25F2N3O2. The molecule has 1 aliphatic carbocycles. The van der Waals surface area contributed by atoms with Crippen molar-refractivity contribution in [3.8, 4) is 11.5 Å². The Bertz CT molecular complexity index is 795. The Balaban J connectivity index is 1.56. The summed E-state index contributed by atoms with van der Waals surface area (Å²) in [7, 11) is 1.66. The Kier molecular flexibility index (Phi) is 7.06. The third-order valence-electron chi connectivity index (χ3n) is 4.62. The molecule has 28 heavy (non-hydrogen) atoms. The molecule has 0 aromatic heterocycles. The van der Waals surface area contributed by atoms with Gasteiger partial charge in [0.2, 0.25) is 0 Å². The Morgan fingerprint density at radius 1 is 1.00 bits per heavy atom. The van der Waals surface area contributed by atoms with Crippen LogP contribution in [-0.4, -0.2) is 25.7 Å². The number of guanidine groups is 1. The maximum Gasteiger partial charge on any atom is 0.387 e. The molecule has 2 aromatic carbocycles. The normalized spacial score (nSPS) is 14.5. The van der Waals surface area contributed by atoms with E-state index in [1.165, 1.54) is 12.5 Å². The maximum absolute atomic E-state index is 12.5. The minimum atomic E-state index is -2.86. The number of alkyl halides is 2. The van der Waals surface area contributed by atoms with E-state index in [9.17, 15) is 8.78 Å². The summed E-state index contributed by atoms with van der Waals surface area (Å²) >= 11 is 0. The van der Waals surface area contributed by atoms with Crippen LogP contribution in [0, 0.1) is 0 Å². The van der Waals surface area contributed by atoms with Gasteiger partial charge in [-0.15, -0.1) is 0 Å². The van der Waals surface area contributed by atoms with Gasteiger partial charge in [-0.2, -0.15) is 8.78 Å². The molecule has 0 aliphatic heterocycles. The van der Waals surface area contributed by atoms with Gasteiger partial charge in [-0.3, -0.25) is 4.99 Å². The number of aliphatic imine (C=N–C) groups is 1. The lowest BCUT2D eigenvalue weighted by molar-refractivity contribution is -0.0504. The van der Waals surface area contributed by atoms with Gasteiger partial charge in [0.25, 0.3) is 0 Å². The van der Waals surface area contributed by atoms with E-state index in [1.807, 2.05) is 24.3 Å². The lowest BCUT2D eigenvalue weighted by atomic mass is 9.96. The number of ether oxygens (including phenoxy) is 2. The number of nitrogens with one attached hydrogen (secondary N) is 2. The number of nitrogens with zero attached hydrogens (tertiary/aromatic N) is 1. The predicted octanol–water partition coefficient (Wildman–Crippen LogP) is 4.08. The fourth-order valence-electron chi connectivity index (χ4n) is 2.87. The highest BCUT2D eigenvalue weighted by Gasteiger charge is 2.20. The van der Waals surface area contributed by atoms with Gasteiger partial charge in [-0.05, 0) is 31.4 Å². The molecule has 0 spiro atoms. The maximum atomic E-state index is 12.5. The molecule has 0 amide bonds. The second kappa shape index (κ2) is 9.92. The molecule has 1 fully saturated rings. The standard InChI is InChI=1S/C21H25F2N3O2/c1-24-21(26-14-16-8-3-5-12-19(16)28-20(22)23)25-13-15-7-2-4-11-18(15)27-17-9-6-10-17/h2-5,7-8,11-12,17,20H,6,9-10,13-14H2,1H3,(H2,24,25,26). The van der Waals surface area contributed by atoms with Gasteiger partial charge >= 0.3 is 6.61 Å². The summed E-state index contributed by atoms with van der Waals surface area (Å²) in [6, 6.07) is 14.6. The van der Waals surface area contributed by atoms with E-state index in [1.54, 1.807) is 25.2 Å². The Labute approximate surface area is 163 Å². The third kappa shape index (κ3) is 5.58. The SMILES string of the molecule is CN=C(NCc1ccccc1OC(F)F)NCc1ccccc1OC1CCC1. The van der Waals surface area contributed by atoms with Crippen LogP contribution in [0.1, 0.15) is 30.4 Å². The van der Waals surface area contributed by atoms with Crippen molar-refractivity contribution >= 4 is 5.96 Å². The van der Waals surface area contributed by atoms with Crippen molar-refractivity contribution in [2.75, 3.05) is 7.05 Å². The van der Waals surface area contributed by atoms with E-state index < -0.39 is 6.61 Å². The van der Waals surface area contributed by atoms with Crippen molar-refractivity contribution in [1.29, 1.82) is 0 Å². The number of halogens is 2. The van der Waals surface area contributed by atoms with Crippen LogP contribution in [0.25, 0.3) is 0 Å². The molecule has 0 heterocycles. The van der Waals surface area contributed by atoms with Crippen LogP contribution in [0.4, 0.5) is 8.78 Å². The first-order valence-corrected chi connectivity index (χ1v) is 9.37. The first-order chi connectivity index (χ1) is 13.7.